The molecule has 0 aliphatic heterocycles. The number of rotatable bonds is 7. The van der Waals surface area contributed by atoms with Gasteiger partial charge >= 0.3 is 0 Å². The molecule has 1 unspecified atom stereocenters. The molecule has 3 N–H and O–H groups in total. The van der Waals surface area contributed by atoms with Crippen LogP contribution in [-0.2, 0) is 6.54 Å². The summed E-state index contributed by atoms with van der Waals surface area (Å²) in [7, 11) is 0. The standard InChI is InChI=1S/C16H24N4/c1-13(2)15(10-17)11-18-16-6-3-5-14(9-16)12-20-8-4-7-19-20/h3-9,13,15,18H,10-12,17H2,1-2H3. The summed E-state index contributed by atoms with van der Waals surface area (Å²) >= 11 is 0. The third kappa shape index (κ3) is 4.10. The van der Waals surface area contributed by atoms with Crippen molar-refractivity contribution in [3.8, 4) is 0 Å². The van der Waals surface area contributed by atoms with Crippen LogP contribution in [-0.4, -0.2) is 22.9 Å². The number of benzene rings is 1. The van der Waals surface area contributed by atoms with Crippen LogP contribution in [0.15, 0.2) is 42.7 Å². The largest absolute Gasteiger partial charge is 0.385 e. The Morgan fingerprint density at radius 2 is 2.15 bits per heavy atom. The van der Waals surface area contributed by atoms with Crippen molar-refractivity contribution in [2.24, 2.45) is 17.6 Å². The van der Waals surface area contributed by atoms with Crippen LogP contribution >= 0.6 is 0 Å². The van der Waals surface area contributed by atoms with Gasteiger partial charge in [0, 0.05) is 24.6 Å². The molecular formula is C16H24N4. The van der Waals surface area contributed by atoms with Crippen LogP contribution in [0.4, 0.5) is 5.69 Å². The number of nitrogens with one attached hydrogen (secondary N) is 1. The zero-order valence-corrected chi connectivity index (χ0v) is 12.3. The molecule has 0 bridgehead atoms. The van der Waals surface area contributed by atoms with Crippen molar-refractivity contribution in [3.63, 3.8) is 0 Å². The van der Waals surface area contributed by atoms with Gasteiger partial charge in [-0.15, -0.1) is 0 Å². The van der Waals surface area contributed by atoms with Gasteiger partial charge in [0.05, 0.1) is 6.54 Å². The number of aromatic nitrogens is 2. The van der Waals surface area contributed by atoms with E-state index in [0.717, 1.165) is 25.3 Å². The van der Waals surface area contributed by atoms with E-state index in [1.165, 1.54) is 5.56 Å². The van der Waals surface area contributed by atoms with Crippen molar-refractivity contribution >= 4 is 5.69 Å². The van der Waals surface area contributed by atoms with Crippen molar-refractivity contribution < 1.29 is 0 Å². The molecule has 4 heteroatoms. The molecule has 0 saturated carbocycles. The first-order valence-electron chi connectivity index (χ1n) is 7.19. The lowest BCUT2D eigenvalue weighted by atomic mass is 9.96. The van der Waals surface area contributed by atoms with Crippen molar-refractivity contribution in [1.29, 1.82) is 0 Å². The van der Waals surface area contributed by atoms with Crippen molar-refractivity contribution in [2.75, 3.05) is 18.4 Å². The number of nitrogens with two attached hydrogens (primary N) is 1. The molecule has 1 heterocycles. The average molecular weight is 272 g/mol. The van der Waals surface area contributed by atoms with Gasteiger partial charge < -0.3 is 11.1 Å². The molecule has 0 spiro atoms. The summed E-state index contributed by atoms with van der Waals surface area (Å²) in [5.74, 6) is 1.10. The van der Waals surface area contributed by atoms with Crippen molar-refractivity contribution in [3.05, 3.63) is 48.3 Å². The third-order valence-electron chi connectivity index (χ3n) is 3.64. The normalized spacial score (nSPS) is 12.6. The first-order chi connectivity index (χ1) is 9.69. The Balaban J connectivity index is 1.95. The highest BCUT2D eigenvalue weighted by Crippen LogP contribution is 2.14. The van der Waals surface area contributed by atoms with Crippen LogP contribution < -0.4 is 11.1 Å². The molecular weight excluding hydrogens is 248 g/mol. The average Bonchev–Trinajstić information content (AvgIpc) is 2.92. The van der Waals surface area contributed by atoms with Crippen LogP contribution in [0.5, 0.6) is 0 Å². The molecule has 1 atom stereocenters. The number of nitrogens with zero attached hydrogens (tertiary/aromatic N) is 2. The summed E-state index contributed by atoms with van der Waals surface area (Å²) in [4.78, 5) is 0. The van der Waals surface area contributed by atoms with Crippen LogP contribution in [0.25, 0.3) is 0 Å². The van der Waals surface area contributed by atoms with Crippen LogP contribution in [0, 0.1) is 11.8 Å². The Bertz CT molecular complexity index is 505. The van der Waals surface area contributed by atoms with Gasteiger partial charge in [0.25, 0.3) is 0 Å². The van der Waals surface area contributed by atoms with Crippen LogP contribution in [0.1, 0.15) is 19.4 Å². The minimum absolute atomic E-state index is 0.504. The number of hydrogen-bond acceptors (Lipinski definition) is 3. The van der Waals surface area contributed by atoms with E-state index >= 15 is 0 Å². The molecule has 2 rings (SSSR count). The van der Waals surface area contributed by atoms with Gasteiger partial charge in [0.2, 0.25) is 0 Å². The highest BCUT2D eigenvalue weighted by molar-refractivity contribution is 5.45. The molecule has 0 radical (unpaired) electrons. The van der Waals surface area contributed by atoms with Gasteiger partial charge in [-0.05, 0) is 42.1 Å². The van der Waals surface area contributed by atoms with E-state index in [-0.39, 0.29) is 0 Å². The van der Waals surface area contributed by atoms with E-state index in [4.69, 9.17) is 5.73 Å². The topological polar surface area (TPSA) is 55.9 Å². The summed E-state index contributed by atoms with van der Waals surface area (Å²) in [6, 6.07) is 10.4. The fourth-order valence-corrected chi connectivity index (χ4v) is 2.20. The quantitative estimate of drug-likeness (QED) is 0.814. The van der Waals surface area contributed by atoms with Gasteiger partial charge in [-0.25, -0.2) is 0 Å². The zero-order valence-electron chi connectivity index (χ0n) is 12.3. The molecule has 0 saturated heterocycles. The second-order valence-corrected chi connectivity index (χ2v) is 5.52. The Morgan fingerprint density at radius 3 is 2.80 bits per heavy atom. The predicted octanol–water partition coefficient (Wildman–Crippen LogP) is 2.57. The Morgan fingerprint density at radius 1 is 1.30 bits per heavy atom. The van der Waals surface area contributed by atoms with Crippen molar-refractivity contribution in [1.82, 2.24) is 9.78 Å². The fourth-order valence-electron chi connectivity index (χ4n) is 2.20. The lowest BCUT2D eigenvalue weighted by Crippen LogP contribution is -2.27. The molecule has 1 aromatic carbocycles. The summed E-state index contributed by atoms with van der Waals surface area (Å²) in [5, 5.41) is 7.72. The van der Waals surface area contributed by atoms with E-state index in [1.54, 1.807) is 6.20 Å². The van der Waals surface area contributed by atoms with Crippen LogP contribution in [0.3, 0.4) is 0 Å². The molecule has 108 valence electrons. The number of hydrogen-bond donors (Lipinski definition) is 2. The third-order valence-corrected chi connectivity index (χ3v) is 3.64. The Hall–Kier alpha value is -1.81. The molecule has 0 amide bonds. The van der Waals surface area contributed by atoms with E-state index in [2.05, 4.69) is 48.5 Å². The second-order valence-electron chi connectivity index (χ2n) is 5.52. The molecule has 2 aromatic rings. The van der Waals surface area contributed by atoms with E-state index in [1.807, 2.05) is 16.9 Å². The highest BCUT2D eigenvalue weighted by Gasteiger charge is 2.10. The minimum atomic E-state index is 0.504. The predicted molar refractivity (Wildman–Crippen MR) is 83.6 cm³/mol. The summed E-state index contributed by atoms with van der Waals surface area (Å²) in [5.41, 5.74) is 8.20. The Labute approximate surface area is 121 Å². The van der Waals surface area contributed by atoms with Crippen molar-refractivity contribution in [2.45, 2.75) is 20.4 Å². The van der Waals surface area contributed by atoms with E-state index in [0.29, 0.717) is 11.8 Å². The number of anilines is 1. The molecule has 1 aromatic heterocycles. The summed E-state index contributed by atoms with van der Waals surface area (Å²) in [6.45, 7) is 6.87. The van der Waals surface area contributed by atoms with Gasteiger partial charge in [-0.2, -0.15) is 5.10 Å². The second kappa shape index (κ2) is 7.10. The zero-order chi connectivity index (χ0) is 14.4. The SMILES string of the molecule is CC(C)C(CN)CNc1cccc(Cn2cccn2)c1. The van der Waals surface area contributed by atoms with E-state index in [9.17, 15) is 0 Å². The Kier molecular flexibility index (Phi) is 5.18. The van der Waals surface area contributed by atoms with Gasteiger partial charge in [0.15, 0.2) is 0 Å². The van der Waals surface area contributed by atoms with E-state index < -0.39 is 0 Å². The van der Waals surface area contributed by atoms with Crippen LogP contribution in [0.2, 0.25) is 0 Å². The first kappa shape index (κ1) is 14.6. The maximum absolute atomic E-state index is 5.81. The molecule has 4 nitrogen and oxygen atoms in total. The lowest BCUT2D eigenvalue weighted by Gasteiger charge is -2.20. The molecule has 0 aliphatic rings. The maximum Gasteiger partial charge on any atom is 0.0660 e. The summed E-state index contributed by atoms with van der Waals surface area (Å²) in [6.07, 6.45) is 3.78. The lowest BCUT2D eigenvalue weighted by molar-refractivity contribution is 0.413. The minimum Gasteiger partial charge on any atom is -0.385 e. The summed E-state index contributed by atoms with van der Waals surface area (Å²) < 4.78 is 1.93. The van der Waals surface area contributed by atoms with Gasteiger partial charge in [0.1, 0.15) is 0 Å². The van der Waals surface area contributed by atoms with Gasteiger partial charge in [-0.1, -0.05) is 26.0 Å². The smallest absolute Gasteiger partial charge is 0.0660 e. The molecule has 0 fully saturated rings. The molecule has 20 heavy (non-hydrogen) atoms. The fraction of sp³-hybridized carbons (Fsp3) is 0.438. The highest BCUT2D eigenvalue weighted by atomic mass is 15.3. The molecule has 0 aliphatic carbocycles. The monoisotopic (exact) mass is 272 g/mol. The van der Waals surface area contributed by atoms with Gasteiger partial charge in [-0.3, -0.25) is 4.68 Å². The first-order valence-corrected chi connectivity index (χ1v) is 7.19. The maximum atomic E-state index is 5.81.